The van der Waals surface area contributed by atoms with Crippen molar-refractivity contribution in [1.29, 1.82) is 0 Å². The third kappa shape index (κ3) is 2.97. The minimum Gasteiger partial charge on any atom is -0.497 e. The molecule has 1 aliphatic heterocycles. The van der Waals surface area contributed by atoms with Gasteiger partial charge in [0.2, 0.25) is 0 Å². The lowest BCUT2D eigenvalue weighted by Crippen LogP contribution is -2.26. The summed E-state index contributed by atoms with van der Waals surface area (Å²) in [6.07, 6.45) is 1.92. The van der Waals surface area contributed by atoms with Gasteiger partial charge in [-0.15, -0.1) is 0 Å². The van der Waals surface area contributed by atoms with Crippen molar-refractivity contribution in [2.45, 2.75) is 12.3 Å². The Labute approximate surface area is 148 Å². The summed E-state index contributed by atoms with van der Waals surface area (Å²) in [6.45, 7) is 0.509. The van der Waals surface area contributed by atoms with Crippen molar-refractivity contribution >= 4 is 5.91 Å². The van der Waals surface area contributed by atoms with Crippen molar-refractivity contribution in [3.05, 3.63) is 64.0 Å². The van der Waals surface area contributed by atoms with E-state index in [4.69, 9.17) is 4.74 Å². The Bertz CT molecular complexity index is 1020. The number of carbonyl (C=O) groups excluding carboxylic acids is 1. The standard InChI is InChI=1S/C18H17N5O3/c1-26-12-4-2-3-10(5-12)11-6-13-16(18(25)19-8-11)23-17(22-13)14-7-15(24)21-9-20-14/h2-5,7,9,11H,6,8H2,1H3,(H,19,25)(H,22,23)(H,20,21,24). The fourth-order valence-corrected chi connectivity index (χ4v) is 3.11. The molecule has 1 aromatic carbocycles. The lowest BCUT2D eigenvalue weighted by molar-refractivity contribution is 0.0950. The van der Waals surface area contributed by atoms with Crippen molar-refractivity contribution in [3.8, 4) is 17.3 Å². The van der Waals surface area contributed by atoms with Gasteiger partial charge in [0.15, 0.2) is 5.82 Å². The molecule has 8 heteroatoms. The number of hydrogen-bond donors (Lipinski definition) is 3. The van der Waals surface area contributed by atoms with Crippen LogP contribution in [0, 0.1) is 0 Å². The molecular formula is C18H17N5O3. The Morgan fingerprint density at radius 3 is 2.92 bits per heavy atom. The number of benzene rings is 1. The number of nitrogens with one attached hydrogen (secondary N) is 3. The van der Waals surface area contributed by atoms with Gasteiger partial charge in [-0.05, 0) is 24.1 Å². The van der Waals surface area contributed by atoms with Gasteiger partial charge in [0.25, 0.3) is 11.5 Å². The summed E-state index contributed by atoms with van der Waals surface area (Å²) >= 11 is 0. The zero-order chi connectivity index (χ0) is 18.1. The van der Waals surface area contributed by atoms with E-state index in [2.05, 4.69) is 25.3 Å². The largest absolute Gasteiger partial charge is 0.497 e. The van der Waals surface area contributed by atoms with Crippen molar-refractivity contribution in [1.82, 2.24) is 25.3 Å². The molecule has 0 saturated heterocycles. The Morgan fingerprint density at radius 2 is 2.12 bits per heavy atom. The molecule has 132 valence electrons. The summed E-state index contributed by atoms with van der Waals surface area (Å²) in [5.41, 5.74) is 2.26. The second-order valence-electron chi connectivity index (χ2n) is 6.10. The first-order valence-corrected chi connectivity index (χ1v) is 8.20. The molecule has 0 spiro atoms. The molecule has 26 heavy (non-hydrogen) atoms. The maximum absolute atomic E-state index is 12.4. The van der Waals surface area contributed by atoms with E-state index >= 15 is 0 Å². The van der Waals surface area contributed by atoms with Gasteiger partial charge in [0.1, 0.15) is 17.1 Å². The molecule has 3 N–H and O–H groups in total. The number of aromatic amines is 2. The quantitative estimate of drug-likeness (QED) is 0.657. The molecule has 0 fully saturated rings. The number of carbonyl (C=O) groups is 1. The van der Waals surface area contributed by atoms with E-state index in [0.717, 1.165) is 17.0 Å². The van der Waals surface area contributed by atoms with Crippen molar-refractivity contribution < 1.29 is 9.53 Å². The molecule has 1 atom stereocenters. The molecule has 0 radical (unpaired) electrons. The second kappa shape index (κ2) is 6.47. The van der Waals surface area contributed by atoms with E-state index in [-0.39, 0.29) is 17.4 Å². The third-order valence-corrected chi connectivity index (χ3v) is 4.44. The van der Waals surface area contributed by atoms with Crippen LogP contribution >= 0.6 is 0 Å². The van der Waals surface area contributed by atoms with Gasteiger partial charge in [0.05, 0.1) is 13.4 Å². The molecule has 4 rings (SSSR count). The van der Waals surface area contributed by atoms with Crippen LogP contribution in [-0.4, -0.2) is 39.5 Å². The molecule has 0 aliphatic carbocycles. The molecule has 3 aromatic rings. The number of ether oxygens (including phenoxy) is 1. The monoisotopic (exact) mass is 351 g/mol. The van der Waals surface area contributed by atoms with E-state index in [1.165, 1.54) is 12.4 Å². The lowest BCUT2D eigenvalue weighted by Gasteiger charge is -2.15. The van der Waals surface area contributed by atoms with Gasteiger partial charge >= 0.3 is 0 Å². The lowest BCUT2D eigenvalue weighted by atomic mass is 9.94. The van der Waals surface area contributed by atoms with Crippen LogP contribution in [0.15, 0.2) is 41.5 Å². The van der Waals surface area contributed by atoms with E-state index in [9.17, 15) is 9.59 Å². The van der Waals surface area contributed by atoms with Crippen LogP contribution in [0.1, 0.15) is 27.7 Å². The van der Waals surface area contributed by atoms with Crippen LogP contribution in [0.4, 0.5) is 0 Å². The summed E-state index contributed by atoms with van der Waals surface area (Å²) in [4.78, 5) is 38.0. The first kappa shape index (κ1) is 16.1. The number of H-pyrrole nitrogens is 2. The fourth-order valence-electron chi connectivity index (χ4n) is 3.11. The van der Waals surface area contributed by atoms with Crippen LogP contribution in [0.2, 0.25) is 0 Å². The highest BCUT2D eigenvalue weighted by molar-refractivity contribution is 5.94. The Morgan fingerprint density at radius 1 is 1.23 bits per heavy atom. The molecule has 3 heterocycles. The number of fused-ring (bicyclic) bond motifs is 1. The zero-order valence-corrected chi connectivity index (χ0v) is 14.1. The second-order valence-corrected chi connectivity index (χ2v) is 6.10. The fraction of sp³-hybridized carbons (Fsp3) is 0.222. The van der Waals surface area contributed by atoms with Gasteiger partial charge in [-0.1, -0.05) is 12.1 Å². The normalized spacial score (nSPS) is 16.5. The van der Waals surface area contributed by atoms with E-state index < -0.39 is 0 Å². The number of rotatable bonds is 3. The molecule has 8 nitrogen and oxygen atoms in total. The van der Waals surface area contributed by atoms with Crippen molar-refractivity contribution in [2.75, 3.05) is 13.7 Å². The SMILES string of the molecule is COc1cccc(C2CNC(=O)c3nc(-c4cc(=O)[nH]cn4)[nH]c3C2)c1. The molecule has 1 aliphatic rings. The predicted octanol–water partition coefficient (Wildman–Crippen LogP) is 1.24. The molecule has 0 saturated carbocycles. The van der Waals surface area contributed by atoms with Crippen LogP contribution in [0.3, 0.4) is 0 Å². The summed E-state index contributed by atoms with van der Waals surface area (Å²) in [5, 5.41) is 2.91. The molecule has 2 aromatic heterocycles. The molecular weight excluding hydrogens is 334 g/mol. The predicted molar refractivity (Wildman–Crippen MR) is 94.2 cm³/mol. The number of aromatic nitrogens is 4. The maximum atomic E-state index is 12.4. The highest BCUT2D eigenvalue weighted by Crippen LogP contribution is 2.27. The van der Waals surface area contributed by atoms with Crippen molar-refractivity contribution in [2.24, 2.45) is 0 Å². The average molecular weight is 351 g/mol. The first-order chi connectivity index (χ1) is 12.6. The van der Waals surface area contributed by atoms with E-state index in [1.807, 2.05) is 24.3 Å². The van der Waals surface area contributed by atoms with E-state index in [0.29, 0.717) is 30.2 Å². The highest BCUT2D eigenvalue weighted by Gasteiger charge is 2.27. The van der Waals surface area contributed by atoms with Gasteiger partial charge < -0.3 is 20.0 Å². The Kier molecular flexibility index (Phi) is 4.00. The van der Waals surface area contributed by atoms with Crippen LogP contribution in [-0.2, 0) is 6.42 Å². The maximum Gasteiger partial charge on any atom is 0.271 e. The molecule has 1 amide bonds. The summed E-state index contributed by atoms with van der Waals surface area (Å²) in [5.74, 6) is 1.02. The average Bonchev–Trinajstić information content (AvgIpc) is 3.02. The van der Waals surface area contributed by atoms with Crippen LogP contribution in [0.25, 0.3) is 11.5 Å². The van der Waals surface area contributed by atoms with Gasteiger partial charge in [-0.25, -0.2) is 9.97 Å². The third-order valence-electron chi connectivity index (χ3n) is 4.44. The van der Waals surface area contributed by atoms with Crippen LogP contribution in [0.5, 0.6) is 5.75 Å². The molecule has 1 unspecified atom stereocenters. The number of hydrogen-bond acceptors (Lipinski definition) is 5. The zero-order valence-electron chi connectivity index (χ0n) is 14.1. The minimum atomic E-state index is -0.277. The smallest absolute Gasteiger partial charge is 0.271 e. The van der Waals surface area contributed by atoms with E-state index in [1.54, 1.807) is 7.11 Å². The first-order valence-electron chi connectivity index (χ1n) is 8.20. The van der Waals surface area contributed by atoms with Crippen LogP contribution < -0.4 is 15.6 Å². The Balaban J connectivity index is 1.70. The van der Waals surface area contributed by atoms with Crippen molar-refractivity contribution in [3.63, 3.8) is 0 Å². The Hall–Kier alpha value is -3.42. The number of amides is 1. The summed E-state index contributed by atoms with van der Waals surface area (Å²) in [7, 11) is 1.63. The summed E-state index contributed by atoms with van der Waals surface area (Å²) < 4.78 is 5.29. The number of methoxy groups -OCH3 is 1. The van der Waals surface area contributed by atoms with Gasteiger partial charge in [0, 0.05) is 24.2 Å². The molecule has 0 bridgehead atoms. The number of nitrogens with zero attached hydrogens (tertiary/aromatic N) is 2. The summed E-state index contributed by atoms with van der Waals surface area (Å²) in [6, 6.07) is 9.14. The minimum absolute atomic E-state index is 0.0794. The highest BCUT2D eigenvalue weighted by atomic mass is 16.5. The van der Waals surface area contributed by atoms with Gasteiger partial charge in [-0.2, -0.15) is 0 Å². The topological polar surface area (TPSA) is 113 Å². The number of imidazole rings is 1. The van der Waals surface area contributed by atoms with Gasteiger partial charge in [-0.3, -0.25) is 9.59 Å².